The second-order valence-electron chi connectivity index (χ2n) is 2.68. The molecule has 0 aliphatic heterocycles. The molecule has 0 radical (unpaired) electrons. The second kappa shape index (κ2) is 3.26. The Hall–Kier alpha value is -1.22. The van der Waals surface area contributed by atoms with Crippen LogP contribution in [0.15, 0.2) is 33.5 Å². The molecule has 0 aliphatic rings. The molecular formula is C9H8ClNO2. The molecule has 3 nitrogen and oxygen atoms in total. The first kappa shape index (κ1) is 8.38. The molecule has 4 heteroatoms. The lowest BCUT2D eigenvalue weighted by atomic mass is 10.3. The predicted molar refractivity (Wildman–Crippen MR) is 51.2 cm³/mol. The zero-order valence-corrected chi connectivity index (χ0v) is 7.62. The van der Waals surface area contributed by atoms with Gasteiger partial charge in [0.25, 0.3) is 0 Å². The molecule has 1 aromatic carbocycles. The van der Waals surface area contributed by atoms with Gasteiger partial charge in [-0.2, -0.15) is 0 Å². The first-order valence-electron chi connectivity index (χ1n) is 3.97. The fourth-order valence-electron chi connectivity index (χ4n) is 1.31. The monoisotopic (exact) mass is 197 g/mol. The van der Waals surface area contributed by atoms with Gasteiger partial charge >= 0.3 is 5.76 Å². The van der Waals surface area contributed by atoms with Gasteiger partial charge in [0.15, 0.2) is 5.58 Å². The Bertz CT molecular complexity index is 472. The summed E-state index contributed by atoms with van der Waals surface area (Å²) < 4.78 is 6.53. The summed E-state index contributed by atoms with van der Waals surface area (Å²) in [6.07, 6.45) is 0. The number of fused-ring (bicyclic) bond motifs is 1. The third-order valence-corrected chi connectivity index (χ3v) is 2.05. The Labute approximate surface area is 79.5 Å². The Morgan fingerprint density at radius 1 is 1.38 bits per heavy atom. The van der Waals surface area contributed by atoms with E-state index in [0.29, 0.717) is 18.0 Å². The fraction of sp³-hybridized carbons (Fsp3) is 0.222. The molecule has 13 heavy (non-hydrogen) atoms. The van der Waals surface area contributed by atoms with Crippen LogP contribution in [-0.2, 0) is 6.54 Å². The number of nitrogens with zero attached hydrogens (tertiary/aromatic N) is 1. The lowest BCUT2D eigenvalue weighted by molar-refractivity contribution is 0.514. The summed E-state index contributed by atoms with van der Waals surface area (Å²) in [5.41, 5.74) is 1.41. The highest BCUT2D eigenvalue weighted by atomic mass is 35.5. The third-order valence-electron chi connectivity index (χ3n) is 1.88. The molecule has 0 amide bonds. The van der Waals surface area contributed by atoms with E-state index in [2.05, 4.69) is 0 Å². The van der Waals surface area contributed by atoms with Gasteiger partial charge in [0.1, 0.15) is 0 Å². The molecule has 0 bridgehead atoms. The van der Waals surface area contributed by atoms with Crippen molar-refractivity contribution >= 4 is 22.7 Å². The maximum atomic E-state index is 11.3. The van der Waals surface area contributed by atoms with Crippen molar-refractivity contribution in [2.75, 3.05) is 5.88 Å². The van der Waals surface area contributed by atoms with E-state index in [0.717, 1.165) is 5.52 Å². The zero-order valence-electron chi connectivity index (χ0n) is 6.87. The molecule has 0 fully saturated rings. The topological polar surface area (TPSA) is 35.1 Å². The van der Waals surface area contributed by atoms with Crippen LogP contribution in [0.25, 0.3) is 11.1 Å². The van der Waals surface area contributed by atoms with Crippen LogP contribution in [0, 0.1) is 0 Å². The van der Waals surface area contributed by atoms with E-state index in [1.54, 1.807) is 6.07 Å². The quantitative estimate of drug-likeness (QED) is 0.689. The summed E-state index contributed by atoms with van der Waals surface area (Å²) >= 11 is 5.56. The number of halogens is 1. The highest BCUT2D eigenvalue weighted by Gasteiger charge is 2.06. The Morgan fingerprint density at radius 2 is 2.15 bits per heavy atom. The SMILES string of the molecule is O=c1oc2ccccc2n1CCCl. The van der Waals surface area contributed by atoms with Gasteiger partial charge in [-0.25, -0.2) is 4.79 Å². The van der Waals surface area contributed by atoms with Gasteiger partial charge in [-0.3, -0.25) is 4.57 Å². The lowest BCUT2D eigenvalue weighted by Gasteiger charge is -1.95. The van der Waals surface area contributed by atoms with E-state index in [4.69, 9.17) is 16.0 Å². The number of aromatic nitrogens is 1. The van der Waals surface area contributed by atoms with Crippen LogP contribution in [0.2, 0.25) is 0 Å². The number of para-hydroxylation sites is 2. The van der Waals surface area contributed by atoms with Crippen LogP contribution in [-0.4, -0.2) is 10.4 Å². The number of hydrogen-bond donors (Lipinski definition) is 0. The molecular weight excluding hydrogens is 190 g/mol. The molecule has 1 aromatic heterocycles. The number of alkyl halides is 1. The van der Waals surface area contributed by atoms with Gasteiger partial charge in [0.2, 0.25) is 0 Å². The number of benzene rings is 1. The number of rotatable bonds is 2. The molecule has 68 valence electrons. The largest absolute Gasteiger partial charge is 0.419 e. The molecule has 0 spiro atoms. The average molecular weight is 198 g/mol. The van der Waals surface area contributed by atoms with E-state index >= 15 is 0 Å². The van der Waals surface area contributed by atoms with Crippen molar-refractivity contribution in [3.05, 3.63) is 34.8 Å². The summed E-state index contributed by atoms with van der Waals surface area (Å²) in [6.45, 7) is 0.484. The van der Waals surface area contributed by atoms with Crippen LogP contribution in [0.3, 0.4) is 0 Å². The summed E-state index contributed by atoms with van der Waals surface area (Å²) in [7, 11) is 0. The normalized spacial score (nSPS) is 10.8. The minimum Gasteiger partial charge on any atom is -0.408 e. The van der Waals surface area contributed by atoms with Crippen LogP contribution in [0.5, 0.6) is 0 Å². The van der Waals surface area contributed by atoms with Crippen molar-refractivity contribution in [1.29, 1.82) is 0 Å². The fourth-order valence-corrected chi connectivity index (χ4v) is 1.48. The summed E-state index contributed by atoms with van der Waals surface area (Å²) in [4.78, 5) is 11.3. The van der Waals surface area contributed by atoms with Gasteiger partial charge in [0, 0.05) is 12.4 Å². The molecule has 0 aliphatic carbocycles. The highest BCUT2D eigenvalue weighted by molar-refractivity contribution is 6.17. The minimum absolute atomic E-state index is 0.346. The average Bonchev–Trinajstić information content (AvgIpc) is 2.44. The van der Waals surface area contributed by atoms with E-state index in [1.165, 1.54) is 4.57 Å². The van der Waals surface area contributed by atoms with Crippen LogP contribution in [0.4, 0.5) is 0 Å². The Kier molecular flexibility index (Phi) is 2.10. The summed E-state index contributed by atoms with van der Waals surface area (Å²) in [5.74, 6) is 0.0607. The maximum absolute atomic E-state index is 11.3. The number of aryl methyl sites for hydroxylation is 1. The second-order valence-corrected chi connectivity index (χ2v) is 3.05. The van der Waals surface area contributed by atoms with Gasteiger partial charge < -0.3 is 4.42 Å². The van der Waals surface area contributed by atoms with E-state index < -0.39 is 0 Å². The van der Waals surface area contributed by atoms with Crippen molar-refractivity contribution in [2.45, 2.75) is 6.54 Å². The van der Waals surface area contributed by atoms with Crippen molar-refractivity contribution in [1.82, 2.24) is 4.57 Å². The molecule has 0 atom stereocenters. The molecule has 0 saturated heterocycles. The van der Waals surface area contributed by atoms with Crippen LogP contribution < -0.4 is 5.76 Å². The standard InChI is InChI=1S/C9H8ClNO2/c10-5-6-11-7-3-1-2-4-8(7)13-9(11)12/h1-4H,5-6H2. The van der Waals surface area contributed by atoms with Gasteiger partial charge in [-0.05, 0) is 12.1 Å². The zero-order chi connectivity index (χ0) is 9.26. The van der Waals surface area contributed by atoms with Crippen molar-refractivity contribution in [2.24, 2.45) is 0 Å². The van der Waals surface area contributed by atoms with Crippen molar-refractivity contribution in [3.63, 3.8) is 0 Å². The summed E-state index contributed by atoms with van der Waals surface area (Å²) in [5, 5.41) is 0. The highest BCUT2D eigenvalue weighted by Crippen LogP contribution is 2.11. The van der Waals surface area contributed by atoms with E-state index in [9.17, 15) is 4.79 Å². The Balaban J connectivity index is 2.71. The molecule has 2 aromatic rings. The molecule has 0 saturated carbocycles. The van der Waals surface area contributed by atoms with Crippen molar-refractivity contribution in [3.8, 4) is 0 Å². The molecule has 0 unspecified atom stereocenters. The maximum Gasteiger partial charge on any atom is 0.419 e. The molecule has 1 heterocycles. The van der Waals surface area contributed by atoms with Gasteiger partial charge in [-0.15, -0.1) is 11.6 Å². The smallest absolute Gasteiger partial charge is 0.408 e. The van der Waals surface area contributed by atoms with Gasteiger partial charge in [-0.1, -0.05) is 12.1 Å². The lowest BCUT2D eigenvalue weighted by Crippen LogP contribution is -2.14. The third kappa shape index (κ3) is 1.35. The number of oxazole rings is 1. The first-order chi connectivity index (χ1) is 6.33. The molecule has 0 N–H and O–H groups in total. The summed E-state index contributed by atoms with van der Waals surface area (Å²) in [6, 6.07) is 7.30. The molecule has 2 rings (SSSR count). The van der Waals surface area contributed by atoms with Crippen molar-refractivity contribution < 1.29 is 4.42 Å². The van der Waals surface area contributed by atoms with E-state index in [-0.39, 0.29) is 5.76 Å². The predicted octanol–water partition coefficient (Wildman–Crippen LogP) is 1.83. The van der Waals surface area contributed by atoms with E-state index in [1.807, 2.05) is 18.2 Å². The minimum atomic E-state index is -0.346. The van der Waals surface area contributed by atoms with Gasteiger partial charge in [0.05, 0.1) is 5.52 Å². The number of hydrogen-bond acceptors (Lipinski definition) is 2. The van der Waals surface area contributed by atoms with Crippen LogP contribution in [0.1, 0.15) is 0 Å². The Morgan fingerprint density at radius 3 is 2.92 bits per heavy atom. The first-order valence-corrected chi connectivity index (χ1v) is 4.50. The van der Waals surface area contributed by atoms with Crippen LogP contribution >= 0.6 is 11.6 Å².